The normalized spacial score (nSPS) is 12.7. The standard InChI is InChI=1S/C19H20ClN9O/c1-11-13(3-2-4-14(11)20)15-9-16(25-19(21)24-15)22-7-8-30-17-6-5-12(10-23-17)18-26-28-29-27-18/h2-6,9-10,28-29H,7-8H2,1H3,(H,26,27)(H3,21,22,24,25). The molecule has 4 rings (SSSR count). The molecule has 0 aliphatic carbocycles. The minimum atomic E-state index is 0.181. The maximum Gasteiger partial charge on any atom is 0.222 e. The summed E-state index contributed by atoms with van der Waals surface area (Å²) >= 11 is 6.22. The van der Waals surface area contributed by atoms with Crippen molar-refractivity contribution >= 4 is 29.2 Å². The van der Waals surface area contributed by atoms with Gasteiger partial charge in [0.2, 0.25) is 11.8 Å². The molecule has 30 heavy (non-hydrogen) atoms. The van der Waals surface area contributed by atoms with Crippen LogP contribution in [0.1, 0.15) is 11.1 Å². The van der Waals surface area contributed by atoms with E-state index in [4.69, 9.17) is 22.1 Å². The van der Waals surface area contributed by atoms with Gasteiger partial charge in [-0.05, 0) is 24.6 Å². The lowest BCUT2D eigenvalue weighted by atomic mass is 10.1. The van der Waals surface area contributed by atoms with Crippen LogP contribution in [-0.4, -0.2) is 33.9 Å². The second kappa shape index (κ2) is 8.80. The number of nitrogens with zero attached hydrogens (tertiary/aromatic N) is 4. The predicted molar refractivity (Wildman–Crippen MR) is 116 cm³/mol. The molecule has 154 valence electrons. The smallest absolute Gasteiger partial charge is 0.222 e. The van der Waals surface area contributed by atoms with Crippen molar-refractivity contribution in [2.24, 2.45) is 5.10 Å². The Morgan fingerprint density at radius 2 is 2.10 bits per heavy atom. The first-order chi connectivity index (χ1) is 14.6. The first kappa shape index (κ1) is 19.7. The van der Waals surface area contributed by atoms with E-state index in [1.165, 1.54) is 0 Å². The molecular weight excluding hydrogens is 406 g/mol. The summed E-state index contributed by atoms with van der Waals surface area (Å²) in [4.78, 5) is 12.8. The number of pyridine rings is 1. The molecule has 0 bridgehead atoms. The summed E-state index contributed by atoms with van der Waals surface area (Å²) in [6, 6.07) is 11.1. The van der Waals surface area contributed by atoms with Gasteiger partial charge >= 0.3 is 0 Å². The number of nitrogens with one attached hydrogen (secondary N) is 4. The fourth-order valence-corrected chi connectivity index (χ4v) is 3.03. The maximum atomic E-state index is 6.22. The fraction of sp³-hybridized carbons (Fsp3) is 0.158. The van der Waals surface area contributed by atoms with Crippen LogP contribution in [0, 0.1) is 6.92 Å². The number of hydrazine groups is 2. The van der Waals surface area contributed by atoms with Crippen molar-refractivity contribution in [1.82, 2.24) is 31.4 Å². The molecule has 1 aromatic carbocycles. The molecule has 10 nitrogen and oxygen atoms in total. The molecule has 3 heterocycles. The van der Waals surface area contributed by atoms with Crippen molar-refractivity contribution in [1.29, 1.82) is 0 Å². The van der Waals surface area contributed by atoms with Crippen molar-refractivity contribution < 1.29 is 4.74 Å². The summed E-state index contributed by atoms with van der Waals surface area (Å²) in [5, 5.41) is 7.88. The molecule has 0 unspecified atom stereocenters. The minimum Gasteiger partial charge on any atom is -0.476 e. The van der Waals surface area contributed by atoms with Gasteiger partial charge in [0.25, 0.3) is 0 Å². The molecule has 2 aromatic heterocycles. The number of halogens is 1. The highest BCUT2D eigenvalue weighted by molar-refractivity contribution is 6.31. The Balaban J connectivity index is 1.35. The quantitative estimate of drug-likeness (QED) is 0.359. The molecule has 1 aliphatic rings. The van der Waals surface area contributed by atoms with Gasteiger partial charge in [-0.25, -0.2) is 15.5 Å². The van der Waals surface area contributed by atoms with Crippen LogP contribution < -0.4 is 32.3 Å². The second-order valence-electron chi connectivity index (χ2n) is 6.39. The summed E-state index contributed by atoms with van der Waals surface area (Å²) in [7, 11) is 0. The van der Waals surface area contributed by atoms with E-state index in [9.17, 15) is 0 Å². The molecule has 0 fully saturated rings. The minimum absolute atomic E-state index is 0.181. The fourth-order valence-electron chi connectivity index (χ4n) is 2.86. The number of hydrogen-bond acceptors (Lipinski definition) is 10. The van der Waals surface area contributed by atoms with Crippen LogP contribution in [-0.2, 0) is 0 Å². The number of rotatable bonds is 7. The summed E-state index contributed by atoms with van der Waals surface area (Å²) < 4.78 is 5.67. The highest BCUT2D eigenvalue weighted by atomic mass is 35.5. The topological polar surface area (TPSA) is 134 Å². The summed E-state index contributed by atoms with van der Waals surface area (Å²) in [6.45, 7) is 2.84. The third-order valence-corrected chi connectivity index (χ3v) is 4.77. The van der Waals surface area contributed by atoms with Crippen molar-refractivity contribution in [3.8, 4) is 17.1 Å². The average molecular weight is 426 g/mol. The van der Waals surface area contributed by atoms with Crippen molar-refractivity contribution in [2.45, 2.75) is 6.92 Å². The maximum absolute atomic E-state index is 6.22. The van der Waals surface area contributed by atoms with E-state index in [2.05, 4.69) is 41.9 Å². The largest absolute Gasteiger partial charge is 0.476 e. The zero-order valence-electron chi connectivity index (χ0n) is 16.1. The van der Waals surface area contributed by atoms with E-state index in [0.717, 1.165) is 16.7 Å². The molecule has 0 radical (unpaired) electrons. The lowest BCUT2D eigenvalue weighted by Crippen LogP contribution is -2.35. The molecule has 6 N–H and O–H groups in total. The van der Waals surface area contributed by atoms with Crippen molar-refractivity contribution in [3.63, 3.8) is 0 Å². The summed E-state index contributed by atoms with van der Waals surface area (Å²) in [6.07, 6.45) is 1.67. The molecule has 0 saturated carbocycles. The van der Waals surface area contributed by atoms with Gasteiger partial charge in [-0.2, -0.15) is 4.98 Å². The van der Waals surface area contributed by atoms with E-state index in [-0.39, 0.29) is 5.95 Å². The Kier molecular flexibility index (Phi) is 5.77. The summed E-state index contributed by atoms with van der Waals surface area (Å²) in [5.74, 6) is 1.95. The molecule has 0 spiro atoms. The third kappa shape index (κ3) is 4.50. The lowest BCUT2D eigenvalue weighted by molar-refractivity contribution is 0.320. The van der Waals surface area contributed by atoms with Gasteiger partial charge in [-0.15, -0.1) is 10.6 Å². The molecule has 11 heteroatoms. The van der Waals surface area contributed by atoms with Crippen LogP contribution in [0.15, 0.2) is 47.7 Å². The predicted octanol–water partition coefficient (Wildman–Crippen LogP) is 1.85. The number of anilines is 2. The Morgan fingerprint density at radius 3 is 2.87 bits per heavy atom. The van der Waals surface area contributed by atoms with Crippen LogP contribution in [0.3, 0.4) is 0 Å². The van der Waals surface area contributed by atoms with Gasteiger partial charge in [0.1, 0.15) is 12.4 Å². The molecule has 1 aliphatic heterocycles. The van der Waals surface area contributed by atoms with Gasteiger partial charge in [0.05, 0.1) is 12.2 Å². The second-order valence-corrected chi connectivity index (χ2v) is 6.80. The van der Waals surface area contributed by atoms with Crippen LogP contribution in [0.2, 0.25) is 5.02 Å². The van der Waals surface area contributed by atoms with E-state index in [0.29, 0.717) is 41.4 Å². The van der Waals surface area contributed by atoms with E-state index >= 15 is 0 Å². The third-order valence-electron chi connectivity index (χ3n) is 4.36. The van der Waals surface area contributed by atoms with Crippen LogP contribution >= 0.6 is 11.6 Å². The van der Waals surface area contributed by atoms with E-state index < -0.39 is 0 Å². The molecule has 3 aromatic rings. The number of aromatic nitrogens is 3. The molecule has 0 amide bonds. The number of amidine groups is 1. The zero-order chi connectivity index (χ0) is 20.9. The lowest BCUT2D eigenvalue weighted by Gasteiger charge is -2.11. The first-order valence-electron chi connectivity index (χ1n) is 9.17. The molecule has 0 atom stereocenters. The van der Waals surface area contributed by atoms with Crippen molar-refractivity contribution in [2.75, 3.05) is 24.2 Å². The zero-order valence-corrected chi connectivity index (χ0v) is 16.9. The van der Waals surface area contributed by atoms with Gasteiger partial charge in [-0.1, -0.05) is 23.7 Å². The van der Waals surface area contributed by atoms with Crippen LogP contribution in [0.25, 0.3) is 11.3 Å². The number of benzene rings is 1. The Bertz CT molecular complexity index is 1070. The molecular formula is C19H20ClN9O. The van der Waals surface area contributed by atoms with Gasteiger partial charge in [0.15, 0.2) is 5.84 Å². The number of ether oxygens (including phenoxy) is 1. The van der Waals surface area contributed by atoms with Crippen molar-refractivity contribution in [3.05, 3.63) is 58.7 Å². The van der Waals surface area contributed by atoms with E-state index in [1.807, 2.05) is 37.3 Å². The molecule has 0 saturated heterocycles. The van der Waals surface area contributed by atoms with Gasteiger partial charge < -0.3 is 15.8 Å². The number of nitrogens with two attached hydrogens (primary N) is 1. The summed E-state index contributed by atoms with van der Waals surface area (Å²) in [5.41, 5.74) is 17.4. The highest BCUT2D eigenvalue weighted by Gasteiger charge is 2.10. The van der Waals surface area contributed by atoms with Gasteiger partial charge in [-0.3, -0.25) is 5.43 Å². The SMILES string of the molecule is Cc1c(Cl)cccc1-c1cc(NCCOc2ccc(C3=NNNN3)cn2)nc(N)n1. The Morgan fingerprint density at radius 1 is 1.20 bits per heavy atom. The first-order valence-corrected chi connectivity index (χ1v) is 9.55. The Labute approximate surface area is 177 Å². The number of hydrogen-bond donors (Lipinski definition) is 5. The Hall–Kier alpha value is -3.63. The van der Waals surface area contributed by atoms with Crippen LogP contribution in [0.5, 0.6) is 5.88 Å². The highest BCUT2D eigenvalue weighted by Crippen LogP contribution is 2.28. The monoisotopic (exact) mass is 425 g/mol. The van der Waals surface area contributed by atoms with E-state index in [1.54, 1.807) is 12.3 Å². The van der Waals surface area contributed by atoms with Gasteiger partial charge in [0, 0.05) is 34.5 Å². The number of nitrogen functional groups attached to an aromatic ring is 1. The average Bonchev–Trinajstić information content (AvgIpc) is 3.28. The van der Waals surface area contributed by atoms with Crippen LogP contribution in [0.4, 0.5) is 11.8 Å². The number of hydrazone groups is 1.